The summed E-state index contributed by atoms with van der Waals surface area (Å²) in [5.74, 6) is 3.03. The zero-order chi connectivity index (χ0) is 8.39. The fourth-order valence-corrected chi connectivity index (χ4v) is 2.24. The van der Waals surface area contributed by atoms with Crippen molar-refractivity contribution in [2.75, 3.05) is 7.05 Å². The van der Waals surface area contributed by atoms with Crippen LogP contribution in [-0.2, 0) is 18.1 Å². The second-order valence-corrected chi connectivity index (χ2v) is 3.77. The second-order valence-electron chi connectivity index (χ2n) is 2.78. The van der Waals surface area contributed by atoms with Crippen molar-refractivity contribution in [2.24, 2.45) is 0 Å². The van der Waals surface area contributed by atoms with Crippen molar-refractivity contribution in [1.82, 2.24) is 15.3 Å². The van der Waals surface area contributed by atoms with Gasteiger partial charge in [-0.2, -0.15) is 11.8 Å². The maximum atomic E-state index is 4.45. The van der Waals surface area contributed by atoms with Crippen LogP contribution in [0.4, 0.5) is 0 Å². The fraction of sp³-hybridized carbons (Fsp3) is 0.500. The van der Waals surface area contributed by atoms with Crippen molar-refractivity contribution in [3.8, 4) is 0 Å². The summed E-state index contributed by atoms with van der Waals surface area (Å²) in [6.07, 6.45) is 1.95. The number of nitrogens with one attached hydrogen (secondary N) is 1. The SMILES string of the molecule is CNCc1ncc2c(n1)CSC2. The van der Waals surface area contributed by atoms with E-state index in [1.165, 1.54) is 11.3 Å². The summed E-state index contributed by atoms with van der Waals surface area (Å²) >= 11 is 1.91. The number of hydrogen-bond acceptors (Lipinski definition) is 4. The van der Waals surface area contributed by atoms with Crippen LogP contribution in [0, 0.1) is 0 Å². The third kappa shape index (κ3) is 1.44. The number of nitrogens with zero attached hydrogens (tertiary/aromatic N) is 2. The summed E-state index contributed by atoms with van der Waals surface area (Å²) in [4.78, 5) is 8.70. The van der Waals surface area contributed by atoms with Crippen LogP contribution in [-0.4, -0.2) is 17.0 Å². The van der Waals surface area contributed by atoms with Crippen molar-refractivity contribution < 1.29 is 0 Å². The molecule has 1 aromatic rings. The molecule has 2 rings (SSSR count). The molecule has 64 valence electrons. The van der Waals surface area contributed by atoms with E-state index in [1.54, 1.807) is 0 Å². The van der Waals surface area contributed by atoms with Gasteiger partial charge < -0.3 is 5.32 Å². The summed E-state index contributed by atoms with van der Waals surface area (Å²) in [7, 11) is 1.91. The Balaban J connectivity index is 2.26. The molecular formula is C8H11N3S. The van der Waals surface area contributed by atoms with Gasteiger partial charge in [-0.25, -0.2) is 9.97 Å². The second kappa shape index (κ2) is 3.41. The third-order valence-corrected chi connectivity index (χ3v) is 2.83. The van der Waals surface area contributed by atoms with Crippen LogP contribution in [0.2, 0.25) is 0 Å². The van der Waals surface area contributed by atoms with Gasteiger partial charge in [0.25, 0.3) is 0 Å². The normalized spacial score (nSPS) is 14.8. The molecular weight excluding hydrogens is 170 g/mol. The van der Waals surface area contributed by atoms with E-state index in [0.29, 0.717) is 0 Å². The highest BCUT2D eigenvalue weighted by Crippen LogP contribution is 2.27. The van der Waals surface area contributed by atoms with Gasteiger partial charge in [-0.1, -0.05) is 0 Å². The number of fused-ring (bicyclic) bond motifs is 1. The Morgan fingerprint density at radius 1 is 1.58 bits per heavy atom. The van der Waals surface area contributed by atoms with E-state index in [-0.39, 0.29) is 0 Å². The van der Waals surface area contributed by atoms with Crippen LogP contribution in [0.5, 0.6) is 0 Å². The van der Waals surface area contributed by atoms with Gasteiger partial charge in [0.1, 0.15) is 5.82 Å². The summed E-state index contributed by atoms with van der Waals surface area (Å²) < 4.78 is 0. The summed E-state index contributed by atoms with van der Waals surface area (Å²) in [5.41, 5.74) is 2.53. The van der Waals surface area contributed by atoms with Crippen LogP contribution >= 0.6 is 11.8 Å². The first-order valence-corrected chi connectivity index (χ1v) is 5.11. The van der Waals surface area contributed by atoms with Gasteiger partial charge in [0.15, 0.2) is 0 Å². The zero-order valence-corrected chi connectivity index (χ0v) is 7.82. The van der Waals surface area contributed by atoms with Crippen molar-refractivity contribution in [3.63, 3.8) is 0 Å². The molecule has 1 aromatic heterocycles. The Morgan fingerprint density at radius 2 is 2.50 bits per heavy atom. The first-order valence-electron chi connectivity index (χ1n) is 3.96. The highest BCUT2D eigenvalue weighted by molar-refractivity contribution is 7.98. The lowest BCUT2D eigenvalue weighted by atomic mass is 10.3. The minimum absolute atomic E-state index is 0.762. The molecule has 0 aromatic carbocycles. The number of rotatable bonds is 2. The largest absolute Gasteiger partial charge is 0.313 e. The minimum Gasteiger partial charge on any atom is -0.313 e. The van der Waals surface area contributed by atoms with Gasteiger partial charge in [-0.3, -0.25) is 0 Å². The molecule has 0 radical (unpaired) electrons. The monoisotopic (exact) mass is 181 g/mol. The Hall–Kier alpha value is -0.610. The molecule has 1 aliphatic rings. The molecule has 0 bridgehead atoms. The topological polar surface area (TPSA) is 37.8 Å². The standard InChI is InChI=1S/C8H11N3S/c1-9-3-8-10-2-6-4-12-5-7(6)11-8/h2,9H,3-5H2,1H3. The van der Waals surface area contributed by atoms with Crippen LogP contribution in [0.25, 0.3) is 0 Å². The average molecular weight is 181 g/mol. The van der Waals surface area contributed by atoms with Gasteiger partial charge in [-0.05, 0) is 7.05 Å². The van der Waals surface area contributed by atoms with Gasteiger partial charge >= 0.3 is 0 Å². The Kier molecular flexibility index (Phi) is 2.28. The van der Waals surface area contributed by atoms with E-state index >= 15 is 0 Å². The molecule has 0 atom stereocenters. The van der Waals surface area contributed by atoms with Crippen LogP contribution in [0.15, 0.2) is 6.20 Å². The van der Waals surface area contributed by atoms with Crippen molar-refractivity contribution in [2.45, 2.75) is 18.1 Å². The van der Waals surface area contributed by atoms with Crippen molar-refractivity contribution in [3.05, 3.63) is 23.3 Å². The maximum absolute atomic E-state index is 4.45. The highest BCUT2D eigenvalue weighted by Gasteiger charge is 2.13. The Bertz CT molecular complexity index is 288. The summed E-state index contributed by atoms with van der Waals surface area (Å²) in [6.45, 7) is 0.762. The third-order valence-electron chi connectivity index (χ3n) is 1.84. The lowest BCUT2D eigenvalue weighted by molar-refractivity contribution is 0.750. The van der Waals surface area contributed by atoms with E-state index in [2.05, 4.69) is 15.3 Å². The molecule has 0 aliphatic carbocycles. The number of hydrogen-bond donors (Lipinski definition) is 1. The van der Waals surface area contributed by atoms with E-state index < -0.39 is 0 Å². The lowest BCUT2D eigenvalue weighted by Gasteiger charge is -2.00. The molecule has 0 fully saturated rings. The maximum Gasteiger partial charge on any atom is 0.142 e. The molecule has 2 heterocycles. The number of thioether (sulfide) groups is 1. The Morgan fingerprint density at radius 3 is 3.33 bits per heavy atom. The summed E-state index contributed by atoms with van der Waals surface area (Å²) in [5, 5.41) is 3.04. The predicted molar refractivity (Wildman–Crippen MR) is 49.8 cm³/mol. The molecule has 0 spiro atoms. The molecule has 3 nitrogen and oxygen atoms in total. The first kappa shape index (κ1) is 8.01. The van der Waals surface area contributed by atoms with E-state index in [0.717, 1.165) is 23.9 Å². The van der Waals surface area contributed by atoms with Crippen LogP contribution in [0.3, 0.4) is 0 Å². The van der Waals surface area contributed by atoms with Gasteiger partial charge in [0.05, 0.1) is 12.2 Å². The molecule has 0 saturated carbocycles. The van der Waals surface area contributed by atoms with E-state index in [9.17, 15) is 0 Å². The summed E-state index contributed by atoms with van der Waals surface area (Å²) in [6, 6.07) is 0. The lowest BCUT2D eigenvalue weighted by Crippen LogP contribution is -2.10. The van der Waals surface area contributed by atoms with Crippen LogP contribution < -0.4 is 5.32 Å². The molecule has 1 N–H and O–H groups in total. The minimum atomic E-state index is 0.762. The fourth-order valence-electron chi connectivity index (χ4n) is 1.23. The molecule has 0 saturated heterocycles. The number of aromatic nitrogens is 2. The Labute approximate surface area is 76.0 Å². The highest BCUT2D eigenvalue weighted by atomic mass is 32.2. The smallest absolute Gasteiger partial charge is 0.142 e. The van der Waals surface area contributed by atoms with Gasteiger partial charge in [0, 0.05) is 23.3 Å². The van der Waals surface area contributed by atoms with Crippen molar-refractivity contribution >= 4 is 11.8 Å². The molecule has 12 heavy (non-hydrogen) atoms. The van der Waals surface area contributed by atoms with Gasteiger partial charge in [-0.15, -0.1) is 0 Å². The predicted octanol–water partition coefficient (Wildman–Crippen LogP) is 0.943. The van der Waals surface area contributed by atoms with Crippen LogP contribution in [0.1, 0.15) is 17.1 Å². The zero-order valence-electron chi connectivity index (χ0n) is 7.00. The molecule has 4 heteroatoms. The molecule has 0 amide bonds. The van der Waals surface area contributed by atoms with Crippen molar-refractivity contribution in [1.29, 1.82) is 0 Å². The van der Waals surface area contributed by atoms with Gasteiger partial charge in [0.2, 0.25) is 0 Å². The quantitative estimate of drug-likeness (QED) is 0.737. The average Bonchev–Trinajstić information content (AvgIpc) is 2.51. The van der Waals surface area contributed by atoms with E-state index in [1.807, 2.05) is 25.0 Å². The first-order chi connectivity index (χ1) is 5.90. The molecule has 1 aliphatic heterocycles. The molecule has 0 unspecified atom stereocenters. The van der Waals surface area contributed by atoms with E-state index in [4.69, 9.17) is 0 Å².